The van der Waals surface area contributed by atoms with Crippen LogP contribution in [0.15, 0.2) is 77.7 Å². The summed E-state index contributed by atoms with van der Waals surface area (Å²) in [5.41, 5.74) is 0.917. The van der Waals surface area contributed by atoms with Crippen LogP contribution in [0.1, 0.15) is 44.6 Å². The van der Waals surface area contributed by atoms with Crippen LogP contribution in [-0.2, 0) is 26.2 Å². The van der Waals surface area contributed by atoms with Crippen molar-refractivity contribution in [2.24, 2.45) is 0 Å². The highest BCUT2D eigenvalue weighted by Crippen LogP contribution is 2.28. The van der Waals surface area contributed by atoms with Gasteiger partial charge in [-0.25, -0.2) is 8.42 Å². The van der Waals surface area contributed by atoms with E-state index in [-0.39, 0.29) is 29.1 Å². The number of benzene rings is 3. The minimum Gasteiger partial charge on any atom is -0.352 e. The molecule has 1 fully saturated rings. The second-order valence-corrected chi connectivity index (χ2v) is 13.3. The quantitative estimate of drug-likeness (QED) is 0.268. The number of hydrogen-bond donors (Lipinski definition) is 1. The Labute approximate surface area is 256 Å². The molecule has 4 rings (SSSR count). The zero-order valence-corrected chi connectivity index (χ0v) is 25.7. The molecule has 0 heterocycles. The van der Waals surface area contributed by atoms with Crippen molar-refractivity contribution < 1.29 is 18.0 Å². The Morgan fingerprint density at radius 1 is 0.878 bits per heavy atom. The number of halogens is 3. The van der Waals surface area contributed by atoms with Crippen molar-refractivity contribution in [3.05, 3.63) is 93.4 Å². The van der Waals surface area contributed by atoms with E-state index >= 15 is 0 Å². The van der Waals surface area contributed by atoms with Gasteiger partial charge in [-0.1, -0.05) is 72.3 Å². The van der Waals surface area contributed by atoms with Crippen LogP contribution in [0.2, 0.25) is 15.1 Å². The molecule has 1 saturated carbocycles. The number of hydrogen-bond acceptors (Lipinski definition) is 4. The van der Waals surface area contributed by atoms with E-state index in [0.29, 0.717) is 20.6 Å². The first-order valence-corrected chi connectivity index (χ1v) is 16.0. The lowest BCUT2D eigenvalue weighted by molar-refractivity contribution is -0.139. The summed E-state index contributed by atoms with van der Waals surface area (Å²) < 4.78 is 28.7. The SMILES string of the molecule is C[C@H](C(=O)NC1CCCCC1)N(Cc1cccc(Cl)c1)C(=O)CN(c1cccc(Cl)c1)S(=O)(=O)c1ccc(Cl)cc1. The third-order valence-corrected chi connectivity index (χ3v) is 9.65. The van der Waals surface area contributed by atoms with E-state index in [4.69, 9.17) is 34.8 Å². The molecule has 1 atom stereocenters. The molecule has 3 aromatic carbocycles. The van der Waals surface area contributed by atoms with Gasteiger partial charge in [-0.3, -0.25) is 13.9 Å². The fourth-order valence-electron chi connectivity index (χ4n) is 4.88. The molecule has 1 aliphatic carbocycles. The average molecular weight is 637 g/mol. The van der Waals surface area contributed by atoms with E-state index in [2.05, 4.69) is 5.32 Å². The highest BCUT2D eigenvalue weighted by Gasteiger charge is 2.33. The summed E-state index contributed by atoms with van der Waals surface area (Å²) in [6.07, 6.45) is 5.01. The van der Waals surface area contributed by atoms with E-state index in [9.17, 15) is 18.0 Å². The third kappa shape index (κ3) is 8.16. The molecular formula is C30H32Cl3N3O4S. The summed E-state index contributed by atoms with van der Waals surface area (Å²) in [5, 5.41) is 4.25. The maximum Gasteiger partial charge on any atom is 0.264 e. The Morgan fingerprint density at radius 3 is 2.15 bits per heavy atom. The number of rotatable bonds is 10. The van der Waals surface area contributed by atoms with Crippen LogP contribution in [0, 0.1) is 0 Å². The van der Waals surface area contributed by atoms with Gasteiger partial charge in [0.05, 0.1) is 10.6 Å². The number of nitrogens with one attached hydrogen (secondary N) is 1. The van der Waals surface area contributed by atoms with E-state index in [0.717, 1.165) is 36.4 Å². The molecule has 0 saturated heterocycles. The second-order valence-electron chi connectivity index (χ2n) is 10.1. The van der Waals surface area contributed by atoms with E-state index in [1.54, 1.807) is 49.4 Å². The maximum atomic E-state index is 14.0. The van der Waals surface area contributed by atoms with Crippen LogP contribution in [0.25, 0.3) is 0 Å². The monoisotopic (exact) mass is 635 g/mol. The van der Waals surface area contributed by atoms with Gasteiger partial charge in [0, 0.05) is 27.7 Å². The van der Waals surface area contributed by atoms with Gasteiger partial charge >= 0.3 is 0 Å². The van der Waals surface area contributed by atoms with Crippen LogP contribution < -0.4 is 9.62 Å². The number of carbonyl (C=O) groups excluding carboxylic acids is 2. The topological polar surface area (TPSA) is 86.8 Å². The smallest absolute Gasteiger partial charge is 0.264 e. The molecular weight excluding hydrogens is 605 g/mol. The Kier molecular flexibility index (Phi) is 10.6. The molecule has 11 heteroatoms. The molecule has 0 aliphatic heterocycles. The summed E-state index contributed by atoms with van der Waals surface area (Å²) in [6.45, 7) is 1.15. The maximum absolute atomic E-state index is 14.0. The number of carbonyl (C=O) groups is 2. The van der Waals surface area contributed by atoms with Crippen molar-refractivity contribution in [3.8, 4) is 0 Å². The van der Waals surface area contributed by atoms with Gasteiger partial charge < -0.3 is 10.2 Å². The first-order chi connectivity index (χ1) is 19.5. The largest absolute Gasteiger partial charge is 0.352 e. The highest BCUT2D eigenvalue weighted by molar-refractivity contribution is 7.92. The minimum atomic E-state index is -4.22. The van der Waals surface area contributed by atoms with E-state index in [1.165, 1.54) is 35.2 Å². The molecule has 0 bridgehead atoms. The predicted molar refractivity (Wildman–Crippen MR) is 164 cm³/mol. The standard InChI is InChI=1S/C30H32Cl3N3O4S/c1-21(30(38)34-26-10-3-2-4-11-26)35(19-22-7-5-8-24(32)17-22)29(37)20-36(27-12-6-9-25(33)18-27)41(39,40)28-15-13-23(31)14-16-28/h5-9,12-18,21,26H,2-4,10-11,19-20H2,1H3,(H,34,38)/t21-/m1/s1. The molecule has 218 valence electrons. The minimum absolute atomic E-state index is 0.0424. The zero-order valence-electron chi connectivity index (χ0n) is 22.6. The molecule has 3 aromatic rings. The van der Waals surface area contributed by atoms with E-state index < -0.39 is 28.5 Å². The molecule has 0 spiro atoms. The predicted octanol–water partition coefficient (Wildman–Crippen LogP) is 6.71. The van der Waals surface area contributed by atoms with Crippen LogP contribution in [0.4, 0.5) is 5.69 Å². The first-order valence-electron chi connectivity index (χ1n) is 13.4. The Hall–Kier alpha value is -2.78. The summed E-state index contributed by atoms with van der Waals surface area (Å²) >= 11 is 18.4. The number of anilines is 1. The zero-order chi connectivity index (χ0) is 29.6. The van der Waals surface area contributed by atoms with Gasteiger partial charge in [-0.15, -0.1) is 0 Å². The van der Waals surface area contributed by atoms with Gasteiger partial charge in [0.1, 0.15) is 12.6 Å². The number of nitrogens with zero attached hydrogens (tertiary/aromatic N) is 2. The number of amides is 2. The van der Waals surface area contributed by atoms with Crippen molar-refractivity contribution in [1.82, 2.24) is 10.2 Å². The lowest BCUT2D eigenvalue weighted by atomic mass is 9.95. The summed E-state index contributed by atoms with van der Waals surface area (Å²) in [4.78, 5) is 28.7. The first kappa shape index (κ1) is 31.2. The normalized spacial score (nSPS) is 14.7. The van der Waals surface area contributed by atoms with E-state index in [1.807, 2.05) is 0 Å². The Bertz CT molecular complexity index is 1480. The third-order valence-electron chi connectivity index (χ3n) is 7.14. The van der Waals surface area contributed by atoms with Crippen LogP contribution in [0.5, 0.6) is 0 Å². The van der Waals surface area contributed by atoms with Gasteiger partial charge in [-0.2, -0.15) is 0 Å². The molecule has 1 aliphatic rings. The van der Waals surface area contributed by atoms with Gasteiger partial charge in [0.2, 0.25) is 11.8 Å². The lowest BCUT2D eigenvalue weighted by Gasteiger charge is -2.33. The highest BCUT2D eigenvalue weighted by atomic mass is 35.5. The van der Waals surface area contributed by atoms with Crippen molar-refractivity contribution in [1.29, 1.82) is 0 Å². The Balaban J connectivity index is 1.68. The van der Waals surface area contributed by atoms with Crippen molar-refractivity contribution >= 4 is 62.3 Å². The second kappa shape index (κ2) is 13.9. The van der Waals surface area contributed by atoms with Crippen LogP contribution in [-0.4, -0.2) is 43.8 Å². The molecule has 0 aromatic heterocycles. The van der Waals surface area contributed by atoms with Crippen LogP contribution >= 0.6 is 34.8 Å². The van der Waals surface area contributed by atoms with Gasteiger partial charge in [-0.05, 0) is 79.9 Å². The van der Waals surface area contributed by atoms with Crippen molar-refractivity contribution in [2.45, 2.75) is 62.6 Å². The molecule has 0 unspecified atom stereocenters. The van der Waals surface area contributed by atoms with Crippen molar-refractivity contribution in [2.75, 3.05) is 10.8 Å². The molecule has 2 amide bonds. The summed E-state index contributed by atoms with van der Waals surface area (Å²) in [5.74, 6) is -0.851. The molecule has 1 N–H and O–H groups in total. The van der Waals surface area contributed by atoms with Crippen LogP contribution in [0.3, 0.4) is 0 Å². The van der Waals surface area contributed by atoms with Gasteiger partial charge in [0.15, 0.2) is 0 Å². The van der Waals surface area contributed by atoms with Crippen molar-refractivity contribution in [3.63, 3.8) is 0 Å². The molecule has 41 heavy (non-hydrogen) atoms. The molecule has 7 nitrogen and oxygen atoms in total. The molecule has 0 radical (unpaired) electrons. The summed E-state index contributed by atoms with van der Waals surface area (Å²) in [6, 6.07) is 18.1. The fourth-order valence-corrected chi connectivity index (χ4v) is 6.81. The fraction of sp³-hybridized carbons (Fsp3) is 0.333. The number of sulfonamides is 1. The van der Waals surface area contributed by atoms with Gasteiger partial charge in [0.25, 0.3) is 10.0 Å². The average Bonchev–Trinajstić information content (AvgIpc) is 2.95. The lowest BCUT2D eigenvalue weighted by Crippen LogP contribution is -2.53. The Morgan fingerprint density at radius 2 is 1.51 bits per heavy atom. The summed E-state index contributed by atoms with van der Waals surface area (Å²) in [7, 11) is -4.22.